The van der Waals surface area contributed by atoms with Gasteiger partial charge in [0.05, 0.1) is 19.2 Å². The van der Waals surface area contributed by atoms with Gasteiger partial charge in [0.15, 0.2) is 11.4 Å². The van der Waals surface area contributed by atoms with E-state index in [2.05, 4.69) is 9.71 Å². The van der Waals surface area contributed by atoms with Gasteiger partial charge in [0.2, 0.25) is 10.0 Å². The summed E-state index contributed by atoms with van der Waals surface area (Å²) in [5.74, 6) is 0.0763. The van der Waals surface area contributed by atoms with Gasteiger partial charge in [0.1, 0.15) is 4.90 Å². The fraction of sp³-hybridized carbons (Fsp3) is 0.417. The van der Waals surface area contributed by atoms with E-state index in [1.165, 1.54) is 23.8 Å². The lowest BCUT2D eigenvalue weighted by Gasteiger charge is -2.08. The quantitative estimate of drug-likeness (QED) is 0.902. The van der Waals surface area contributed by atoms with Crippen molar-refractivity contribution in [3.8, 4) is 5.75 Å². The van der Waals surface area contributed by atoms with E-state index < -0.39 is 22.6 Å². The number of imidazole rings is 1. The Labute approximate surface area is 125 Å². The second-order valence-electron chi connectivity index (χ2n) is 4.50. The molecule has 0 saturated carbocycles. The van der Waals surface area contributed by atoms with E-state index in [9.17, 15) is 21.6 Å². The van der Waals surface area contributed by atoms with Gasteiger partial charge in [-0.3, -0.25) is 0 Å². The number of sulfonamides is 1. The molecule has 0 radical (unpaired) electrons. The molecule has 10 heteroatoms. The Balaban J connectivity index is 2.56. The molecule has 1 N–H and O–H groups in total. The average Bonchev–Trinajstić information content (AvgIpc) is 2.77. The molecule has 0 unspecified atom stereocenters. The fourth-order valence-corrected chi connectivity index (χ4v) is 3.02. The number of fused-ring (bicyclic) bond motifs is 1. The maximum absolute atomic E-state index is 12.4. The molecule has 0 saturated heterocycles. The third-order valence-electron chi connectivity index (χ3n) is 2.79. The summed E-state index contributed by atoms with van der Waals surface area (Å²) in [6, 6.07) is 1.22. The molecule has 0 aliphatic rings. The second-order valence-corrected chi connectivity index (χ2v) is 6.27. The molecule has 2 aromatic rings. The topological polar surface area (TPSA) is 72.7 Å². The molecule has 2 heterocycles. The molecule has 0 amide bonds. The third-order valence-corrected chi connectivity index (χ3v) is 4.30. The number of alkyl halides is 3. The maximum atomic E-state index is 12.4. The smallest absolute Gasteiger partial charge is 0.394 e. The van der Waals surface area contributed by atoms with Crippen LogP contribution < -0.4 is 9.46 Å². The van der Waals surface area contributed by atoms with Crippen LogP contribution in [0.1, 0.15) is 12.6 Å². The van der Waals surface area contributed by atoms with Gasteiger partial charge in [-0.1, -0.05) is 6.92 Å². The molecule has 22 heavy (non-hydrogen) atoms. The van der Waals surface area contributed by atoms with Crippen molar-refractivity contribution in [2.45, 2.75) is 24.4 Å². The van der Waals surface area contributed by atoms with Crippen LogP contribution in [-0.4, -0.2) is 37.6 Å². The average molecular weight is 337 g/mol. The lowest BCUT2D eigenvalue weighted by Crippen LogP contribution is -2.23. The number of aromatic nitrogens is 2. The number of ether oxygens (including phenoxy) is 1. The zero-order chi connectivity index (χ0) is 16.5. The van der Waals surface area contributed by atoms with Gasteiger partial charge in [-0.05, 0) is 0 Å². The first-order chi connectivity index (χ1) is 10.2. The Morgan fingerprint density at radius 3 is 2.59 bits per heavy atom. The lowest BCUT2D eigenvalue weighted by atomic mass is 10.3. The molecule has 0 bridgehead atoms. The standard InChI is InChI=1S/C12H14F3N3O3S/c1-3-16-22(19,20)9-4-10(21-2)11-17-8(5-12(13,14)15)6-18(11)7-9/h4,6-7,16H,3,5H2,1-2H3. The van der Waals surface area contributed by atoms with Crippen molar-refractivity contribution in [3.63, 3.8) is 0 Å². The van der Waals surface area contributed by atoms with Crippen molar-refractivity contribution in [3.05, 3.63) is 24.2 Å². The number of pyridine rings is 1. The number of nitrogens with one attached hydrogen (secondary N) is 1. The van der Waals surface area contributed by atoms with Crippen LogP contribution in [0.4, 0.5) is 13.2 Å². The number of hydrogen-bond donors (Lipinski definition) is 1. The highest BCUT2D eigenvalue weighted by molar-refractivity contribution is 7.89. The number of hydrogen-bond acceptors (Lipinski definition) is 4. The molecule has 0 spiro atoms. The van der Waals surface area contributed by atoms with E-state index in [1.807, 2.05) is 0 Å². The molecule has 6 nitrogen and oxygen atoms in total. The van der Waals surface area contributed by atoms with Gasteiger partial charge in [0, 0.05) is 25.0 Å². The molecule has 2 rings (SSSR count). The molecule has 0 aromatic carbocycles. The first kappa shape index (κ1) is 16.6. The normalized spacial score (nSPS) is 12.8. The highest BCUT2D eigenvalue weighted by Gasteiger charge is 2.29. The van der Waals surface area contributed by atoms with Crippen LogP contribution in [0, 0.1) is 0 Å². The van der Waals surface area contributed by atoms with E-state index in [4.69, 9.17) is 4.74 Å². The number of halogens is 3. The first-order valence-corrected chi connectivity index (χ1v) is 7.76. The van der Waals surface area contributed by atoms with Crippen LogP contribution in [0.3, 0.4) is 0 Å². The number of nitrogens with zero attached hydrogens (tertiary/aromatic N) is 2. The zero-order valence-corrected chi connectivity index (χ0v) is 12.6. The van der Waals surface area contributed by atoms with E-state index in [0.29, 0.717) is 0 Å². The van der Waals surface area contributed by atoms with Crippen LogP contribution in [0.2, 0.25) is 0 Å². The van der Waals surface area contributed by atoms with Crippen LogP contribution in [-0.2, 0) is 16.4 Å². The van der Waals surface area contributed by atoms with Crippen molar-refractivity contribution in [2.75, 3.05) is 13.7 Å². The second kappa shape index (κ2) is 5.76. The largest absolute Gasteiger partial charge is 0.493 e. The van der Waals surface area contributed by atoms with Crippen molar-refractivity contribution in [2.24, 2.45) is 0 Å². The number of methoxy groups -OCH3 is 1. The monoisotopic (exact) mass is 337 g/mol. The molecular weight excluding hydrogens is 323 g/mol. The summed E-state index contributed by atoms with van der Waals surface area (Å²) in [7, 11) is -2.47. The maximum Gasteiger partial charge on any atom is 0.394 e. The van der Waals surface area contributed by atoms with Crippen molar-refractivity contribution < 1.29 is 26.3 Å². The van der Waals surface area contributed by atoms with E-state index in [-0.39, 0.29) is 28.5 Å². The van der Waals surface area contributed by atoms with Gasteiger partial charge in [0.25, 0.3) is 0 Å². The molecule has 0 aliphatic carbocycles. The highest BCUT2D eigenvalue weighted by atomic mass is 32.2. The van der Waals surface area contributed by atoms with Crippen molar-refractivity contribution in [1.29, 1.82) is 0 Å². The van der Waals surface area contributed by atoms with E-state index in [1.54, 1.807) is 6.92 Å². The SMILES string of the molecule is CCNS(=O)(=O)c1cc(OC)c2nc(CC(F)(F)F)cn2c1. The van der Waals surface area contributed by atoms with Gasteiger partial charge in [-0.15, -0.1) is 0 Å². The summed E-state index contributed by atoms with van der Waals surface area (Å²) in [4.78, 5) is 3.72. The summed E-state index contributed by atoms with van der Waals surface area (Å²) in [5.41, 5.74) is -0.0963. The fourth-order valence-electron chi connectivity index (χ4n) is 1.95. The summed E-state index contributed by atoms with van der Waals surface area (Å²) in [6.45, 7) is 1.80. The molecule has 0 fully saturated rings. The summed E-state index contributed by atoms with van der Waals surface area (Å²) in [6.07, 6.45) is -3.27. The summed E-state index contributed by atoms with van der Waals surface area (Å²) in [5, 5.41) is 0. The predicted octanol–water partition coefficient (Wildman–Crippen LogP) is 1.75. The van der Waals surface area contributed by atoms with E-state index >= 15 is 0 Å². The Morgan fingerprint density at radius 2 is 2.05 bits per heavy atom. The minimum absolute atomic E-state index is 0.0763. The van der Waals surface area contributed by atoms with Crippen LogP contribution in [0.15, 0.2) is 23.4 Å². The lowest BCUT2D eigenvalue weighted by molar-refractivity contribution is -0.127. The number of rotatable bonds is 5. The van der Waals surface area contributed by atoms with Crippen molar-refractivity contribution >= 4 is 15.7 Å². The van der Waals surface area contributed by atoms with Crippen LogP contribution in [0.25, 0.3) is 5.65 Å². The van der Waals surface area contributed by atoms with Crippen molar-refractivity contribution in [1.82, 2.24) is 14.1 Å². The highest BCUT2D eigenvalue weighted by Crippen LogP contribution is 2.26. The molecular formula is C12H14F3N3O3S. The Bertz CT molecular complexity index is 784. The van der Waals surface area contributed by atoms with Crippen LogP contribution >= 0.6 is 0 Å². The third kappa shape index (κ3) is 3.50. The Kier molecular flexibility index (Phi) is 4.34. The van der Waals surface area contributed by atoms with Gasteiger partial charge in [-0.2, -0.15) is 13.2 Å². The summed E-state index contributed by atoms with van der Waals surface area (Å²) < 4.78 is 69.8. The minimum atomic E-state index is -4.40. The molecule has 122 valence electrons. The van der Waals surface area contributed by atoms with Gasteiger partial charge >= 0.3 is 6.18 Å². The molecule has 0 atom stereocenters. The van der Waals surface area contributed by atoms with Gasteiger partial charge < -0.3 is 9.14 Å². The Hall–Kier alpha value is -1.81. The Morgan fingerprint density at radius 1 is 1.36 bits per heavy atom. The zero-order valence-electron chi connectivity index (χ0n) is 11.8. The molecule has 2 aromatic heterocycles. The van der Waals surface area contributed by atoms with Gasteiger partial charge in [-0.25, -0.2) is 18.1 Å². The first-order valence-electron chi connectivity index (χ1n) is 6.28. The summed E-state index contributed by atoms with van der Waals surface area (Å²) >= 11 is 0. The predicted molar refractivity (Wildman–Crippen MR) is 72.4 cm³/mol. The minimum Gasteiger partial charge on any atom is -0.493 e. The van der Waals surface area contributed by atoms with Crippen LogP contribution in [0.5, 0.6) is 5.75 Å². The van der Waals surface area contributed by atoms with E-state index in [0.717, 1.165) is 6.20 Å². The molecule has 0 aliphatic heterocycles.